The van der Waals surface area contributed by atoms with E-state index in [0.29, 0.717) is 13.2 Å². The number of para-hydroxylation sites is 1. The van der Waals surface area contributed by atoms with Crippen LogP contribution in [0.1, 0.15) is 5.56 Å². The summed E-state index contributed by atoms with van der Waals surface area (Å²) in [5, 5.41) is 5.39. The van der Waals surface area contributed by atoms with Gasteiger partial charge in [0.15, 0.2) is 0 Å². The number of nitrogens with one attached hydrogen (secondary N) is 2. The largest absolute Gasteiger partial charge is 0.491 e. The van der Waals surface area contributed by atoms with Gasteiger partial charge < -0.3 is 20.1 Å². The van der Waals surface area contributed by atoms with Crippen LogP contribution in [0.3, 0.4) is 0 Å². The highest BCUT2D eigenvalue weighted by molar-refractivity contribution is 5.77. The van der Waals surface area contributed by atoms with Crippen molar-refractivity contribution in [2.75, 3.05) is 40.0 Å². The lowest BCUT2D eigenvalue weighted by Crippen LogP contribution is -2.37. The molecule has 1 aromatic rings. The highest BCUT2D eigenvalue weighted by Gasteiger charge is 2.33. The topological polar surface area (TPSA) is 59.6 Å². The van der Waals surface area contributed by atoms with Crippen molar-refractivity contribution in [2.24, 2.45) is 0 Å². The van der Waals surface area contributed by atoms with Crippen LogP contribution in [0.5, 0.6) is 5.75 Å². The summed E-state index contributed by atoms with van der Waals surface area (Å²) in [5.41, 5.74) is -0.831. The van der Waals surface area contributed by atoms with E-state index in [1.165, 1.54) is 18.2 Å². The van der Waals surface area contributed by atoms with Crippen molar-refractivity contribution in [2.45, 2.75) is 6.18 Å². The van der Waals surface area contributed by atoms with Crippen LogP contribution in [0.4, 0.5) is 13.2 Å². The van der Waals surface area contributed by atoms with Crippen LogP contribution >= 0.6 is 0 Å². The van der Waals surface area contributed by atoms with Crippen LogP contribution in [0.15, 0.2) is 24.3 Å². The first-order chi connectivity index (χ1) is 10.4. The summed E-state index contributed by atoms with van der Waals surface area (Å²) in [5.74, 6) is -0.508. The normalized spacial score (nSPS) is 11.3. The Labute approximate surface area is 126 Å². The van der Waals surface area contributed by atoms with E-state index >= 15 is 0 Å². The zero-order chi connectivity index (χ0) is 16.4. The summed E-state index contributed by atoms with van der Waals surface area (Å²) < 4.78 is 48.0. The minimum absolute atomic E-state index is 0.0447. The van der Waals surface area contributed by atoms with Gasteiger partial charge in [0.05, 0.1) is 25.3 Å². The Morgan fingerprint density at radius 3 is 2.59 bits per heavy atom. The van der Waals surface area contributed by atoms with E-state index in [-0.39, 0.29) is 31.4 Å². The third-order valence-electron chi connectivity index (χ3n) is 2.64. The van der Waals surface area contributed by atoms with Crippen LogP contribution in [-0.2, 0) is 15.7 Å². The van der Waals surface area contributed by atoms with Gasteiger partial charge in [0, 0.05) is 13.7 Å². The molecule has 0 saturated heterocycles. The molecule has 0 atom stereocenters. The molecule has 1 rings (SSSR count). The van der Waals surface area contributed by atoms with E-state index in [0.717, 1.165) is 6.07 Å². The van der Waals surface area contributed by atoms with Gasteiger partial charge in [-0.05, 0) is 12.1 Å². The lowest BCUT2D eigenvalue weighted by molar-refractivity contribution is -0.139. The molecule has 8 heteroatoms. The number of alkyl halides is 3. The number of halogens is 3. The minimum atomic E-state index is -4.47. The summed E-state index contributed by atoms with van der Waals surface area (Å²) in [7, 11) is 1.55. The van der Waals surface area contributed by atoms with Crippen molar-refractivity contribution in [1.29, 1.82) is 0 Å². The van der Waals surface area contributed by atoms with Crippen molar-refractivity contribution in [1.82, 2.24) is 10.6 Å². The average molecular weight is 320 g/mol. The molecule has 0 bridgehead atoms. The van der Waals surface area contributed by atoms with Gasteiger partial charge in [-0.1, -0.05) is 12.1 Å². The van der Waals surface area contributed by atoms with Gasteiger partial charge in [-0.2, -0.15) is 13.2 Å². The number of hydrogen-bond donors (Lipinski definition) is 2. The first kappa shape index (κ1) is 18.2. The number of methoxy groups -OCH3 is 1. The molecule has 5 nitrogen and oxygen atoms in total. The van der Waals surface area contributed by atoms with E-state index in [4.69, 9.17) is 9.47 Å². The third-order valence-corrected chi connectivity index (χ3v) is 2.64. The number of carbonyl (C=O) groups is 1. The Kier molecular flexibility index (Phi) is 7.69. The zero-order valence-corrected chi connectivity index (χ0v) is 12.2. The van der Waals surface area contributed by atoms with Crippen LogP contribution in [-0.4, -0.2) is 45.9 Å². The number of rotatable bonds is 9. The van der Waals surface area contributed by atoms with Gasteiger partial charge >= 0.3 is 6.18 Å². The summed E-state index contributed by atoms with van der Waals surface area (Å²) >= 11 is 0. The quantitative estimate of drug-likeness (QED) is 0.676. The fourth-order valence-corrected chi connectivity index (χ4v) is 1.62. The molecule has 2 N–H and O–H groups in total. The van der Waals surface area contributed by atoms with E-state index < -0.39 is 11.7 Å². The summed E-state index contributed by atoms with van der Waals surface area (Å²) in [6.07, 6.45) is -4.47. The Bertz CT molecular complexity index is 467. The molecule has 0 radical (unpaired) electrons. The Morgan fingerprint density at radius 2 is 1.91 bits per heavy atom. The minimum Gasteiger partial charge on any atom is -0.491 e. The van der Waals surface area contributed by atoms with E-state index in [1.54, 1.807) is 7.11 Å². The molecule has 0 aliphatic rings. The van der Waals surface area contributed by atoms with E-state index in [1.807, 2.05) is 0 Å². The van der Waals surface area contributed by atoms with Crippen LogP contribution in [0.25, 0.3) is 0 Å². The summed E-state index contributed by atoms with van der Waals surface area (Å²) in [4.78, 5) is 11.4. The monoisotopic (exact) mass is 320 g/mol. The number of amides is 1. The molecule has 0 aliphatic carbocycles. The molecule has 1 amide bonds. The zero-order valence-electron chi connectivity index (χ0n) is 12.2. The lowest BCUT2D eigenvalue weighted by Gasteiger charge is -2.14. The van der Waals surface area contributed by atoms with Gasteiger partial charge in [-0.3, -0.25) is 4.79 Å². The molecule has 124 valence electrons. The second kappa shape index (κ2) is 9.26. The van der Waals surface area contributed by atoms with Crippen molar-refractivity contribution in [3.63, 3.8) is 0 Å². The molecular formula is C14H19F3N2O3. The Balaban J connectivity index is 2.29. The smallest absolute Gasteiger partial charge is 0.419 e. The van der Waals surface area contributed by atoms with Crippen LogP contribution in [0, 0.1) is 0 Å². The van der Waals surface area contributed by atoms with Crippen LogP contribution in [0.2, 0.25) is 0 Å². The molecular weight excluding hydrogens is 301 g/mol. The van der Waals surface area contributed by atoms with Crippen molar-refractivity contribution < 1.29 is 27.4 Å². The van der Waals surface area contributed by atoms with Crippen molar-refractivity contribution in [3.05, 3.63) is 29.8 Å². The number of carbonyl (C=O) groups excluding carboxylic acids is 1. The van der Waals surface area contributed by atoms with Crippen molar-refractivity contribution >= 4 is 5.91 Å². The predicted molar refractivity (Wildman–Crippen MR) is 74.7 cm³/mol. The summed E-state index contributed by atoms with van der Waals surface area (Å²) in [6.45, 7) is 1.22. The fraction of sp³-hybridized carbons (Fsp3) is 0.500. The molecule has 0 saturated carbocycles. The van der Waals surface area contributed by atoms with Gasteiger partial charge in [0.2, 0.25) is 5.91 Å². The van der Waals surface area contributed by atoms with Gasteiger partial charge in [0.25, 0.3) is 0 Å². The molecule has 0 aromatic heterocycles. The van der Waals surface area contributed by atoms with Gasteiger partial charge in [0.1, 0.15) is 12.4 Å². The van der Waals surface area contributed by atoms with Gasteiger partial charge in [-0.15, -0.1) is 0 Å². The number of ether oxygens (including phenoxy) is 2. The van der Waals surface area contributed by atoms with E-state index in [9.17, 15) is 18.0 Å². The fourth-order valence-electron chi connectivity index (χ4n) is 1.62. The Morgan fingerprint density at radius 1 is 1.18 bits per heavy atom. The highest BCUT2D eigenvalue weighted by atomic mass is 19.4. The molecule has 0 heterocycles. The second-order valence-corrected chi connectivity index (χ2v) is 4.36. The summed E-state index contributed by atoms with van der Waals surface area (Å²) in [6, 6.07) is 4.95. The maximum absolute atomic E-state index is 12.7. The maximum atomic E-state index is 12.7. The first-order valence-corrected chi connectivity index (χ1v) is 6.70. The Hall–Kier alpha value is -1.80. The predicted octanol–water partition coefficient (Wildman–Crippen LogP) is 1.44. The standard InChI is InChI=1S/C14H19F3N2O3/c1-21-8-6-18-10-13(20)19-7-9-22-12-5-3-2-4-11(12)14(15,16)17/h2-5,18H,6-10H2,1H3,(H,19,20). The SMILES string of the molecule is COCCNCC(=O)NCCOc1ccccc1C(F)(F)F. The number of benzene rings is 1. The van der Waals surface area contributed by atoms with E-state index in [2.05, 4.69) is 10.6 Å². The highest BCUT2D eigenvalue weighted by Crippen LogP contribution is 2.35. The molecule has 0 spiro atoms. The molecule has 0 fully saturated rings. The molecule has 22 heavy (non-hydrogen) atoms. The number of hydrogen-bond acceptors (Lipinski definition) is 4. The van der Waals surface area contributed by atoms with Crippen LogP contribution < -0.4 is 15.4 Å². The lowest BCUT2D eigenvalue weighted by atomic mass is 10.2. The molecule has 1 aromatic carbocycles. The molecule has 0 aliphatic heterocycles. The first-order valence-electron chi connectivity index (χ1n) is 6.70. The average Bonchev–Trinajstić information content (AvgIpc) is 2.47. The second-order valence-electron chi connectivity index (χ2n) is 4.36. The third kappa shape index (κ3) is 6.77. The molecule has 0 unspecified atom stereocenters. The maximum Gasteiger partial charge on any atom is 0.419 e. The van der Waals surface area contributed by atoms with Crippen molar-refractivity contribution in [3.8, 4) is 5.75 Å². The van der Waals surface area contributed by atoms with Gasteiger partial charge in [-0.25, -0.2) is 0 Å².